The van der Waals surface area contributed by atoms with Crippen LogP contribution in [0.2, 0.25) is 0 Å². The molecule has 7 heteroatoms. The van der Waals surface area contributed by atoms with Crippen molar-refractivity contribution in [1.29, 1.82) is 0 Å². The number of aliphatic hydroxyl groups excluding tert-OH is 1. The average Bonchev–Trinajstić information content (AvgIpc) is 2.65. The lowest BCUT2D eigenvalue weighted by Crippen LogP contribution is -2.23. The van der Waals surface area contributed by atoms with Gasteiger partial charge in [-0.25, -0.2) is 0 Å². The van der Waals surface area contributed by atoms with E-state index in [4.69, 9.17) is 15.2 Å². The van der Waals surface area contributed by atoms with Crippen LogP contribution in [0.15, 0.2) is 47.5 Å². The Bertz CT molecular complexity index is 766. The molecule has 27 heavy (non-hydrogen) atoms. The van der Waals surface area contributed by atoms with Gasteiger partial charge in [0, 0.05) is 11.3 Å². The minimum absolute atomic E-state index is 0. The zero-order chi connectivity index (χ0) is 19.1. The maximum absolute atomic E-state index is 10.5. The Morgan fingerprint density at radius 2 is 1.89 bits per heavy atom. The number of ether oxygens (including phenoxy) is 2. The number of benzene rings is 2. The van der Waals surface area contributed by atoms with Crippen molar-refractivity contribution in [2.75, 3.05) is 26.1 Å². The SMILES string of the molecule is COc1ccc(OC)c(C(O)CN=C(N)Nc2cccc(C(C)C)c2)c1.I. The number of methoxy groups -OCH3 is 2. The lowest BCUT2D eigenvalue weighted by Gasteiger charge is -2.15. The highest BCUT2D eigenvalue weighted by Crippen LogP contribution is 2.29. The number of aliphatic hydroxyl groups is 1. The second kappa shape index (κ2) is 11.0. The van der Waals surface area contributed by atoms with Gasteiger partial charge in [0.25, 0.3) is 0 Å². The first-order valence-electron chi connectivity index (χ1n) is 8.51. The molecule has 2 aromatic carbocycles. The highest BCUT2D eigenvalue weighted by molar-refractivity contribution is 14.0. The second-order valence-corrected chi connectivity index (χ2v) is 6.25. The maximum atomic E-state index is 10.5. The summed E-state index contributed by atoms with van der Waals surface area (Å²) in [5.41, 5.74) is 8.64. The van der Waals surface area contributed by atoms with Crippen LogP contribution in [-0.4, -0.2) is 31.8 Å². The summed E-state index contributed by atoms with van der Waals surface area (Å²) in [5.74, 6) is 1.88. The van der Waals surface area contributed by atoms with Crippen molar-refractivity contribution in [2.45, 2.75) is 25.9 Å². The molecule has 0 radical (unpaired) electrons. The molecular formula is C20H28IN3O3. The smallest absolute Gasteiger partial charge is 0.193 e. The van der Waals surface area contributed by atoms with Crippen LogP contribution >= 0.6 is 24.0 Å². The number of nitrogens with zero attached hydrogens (tertiary/aromatic N) is 1. The predicted octanol–water partition coefficient (Wildman–Crippen LogP) is 3.91. The Kier molecular flexibility index (Phi) is 9.37. The van der Waals surface area contributed by atoms with E-state index in [9.17, 15) is 5.11 Å². The van der Waals surface area contributed by atoms with Gasteiger partial charge in [0.05, 0.1) is 20.8 Å². The molecule has 0 spiro atoms. The molecule has 1 atom stereocenters. The number of guanidine groups is 1. The summed E-state index contributed by atoms with van der Waals surface area (Å²) >= 11 is 0. The highest BCUT2D eigenvalue weighted by Gasteiger charge is 2.14. The summed E-state index contributed by atoms with van der Waals surface area (Å²) in [4.78, 5) is 4.24. The summed E-state index contributed by atoms with van der Waals surface area (Å²) in [6.45, 7) is 4.37. The molecule has 0 bridgehead atoms. The number of rotatable bonds is 7. The molecule has 0 aromatic heterocycles. The molecule has 0 aliphatic heterocycles. The lowest BCUT2D eigenvalue weighted by atomic mass is 10.0. The van der Waals surface area contributed by atoms with E-state index < -0.39 is 6.10 Å². The lowest BCUT2D eigenvalue weighted by molar-refractivity contribution is 0.182. The standard InChI is InChI=1S/C20H27N3O3.HI/c1-13(2)14-6-5-7-15(10-14)23-20(21)22-12-18(24)17-11-16(25-3)8-9-19(17)26-4;/h5-11,13,18,24H,12H2,1-4H3,(H3,21,22,23);1H. The van der Waals surface area contributed by atoms with E-state index in [-0.39, 0.29) is 36.5 Å². The molecule has 0 aliphatic carbocycles. The van der Waals surface area contributed by atoms with Crippen molar-refractivity contribution in [3.8, 4) is 11.5 Å². The average molecular weight is 485 g/mol. The number of anilines is 1. The van der Waals surface area contributed by atoms with Crippen molar-refractivity contribution in [1.82, 2.24) is 0 Å². The number of halogens is 1. The van der Waals surface area contributed by atoms with E-state index >= 15 is 0 Å². The largest absolute Gasteiger partial charge is 0.497 e. The molecule has 0 amide bonds. The molecular weight excluding hydrogens is 457 g/mol. The Hall–Kier alpha value is -2.00. The molecule has 2 aromatic rings. The molecule has 0 saturated carbocycles. The van der Waals surface area contributed by atoms with Crippen LogP contribution in [0.25, 0.3) is 0 Å². The van der Waals surface area contributed by atoms with Crippen LogP contribution in [0, 0.1) is 0 Å². The monoisotopic (exact) mass is 485 g/mol. The van der Waals surface area contributed by atoms with Gasteiger partial charge in [0.15, 0.2) is 5.96 Å². The van der Waals surface area contributed by atoms with E-state index in [1.807, 2.05) is 18.2 Å². The zero-order valence-corrected chi connectivity index (χ0v) is 18.4. The summed E-state index contributed by atoms with van der Waals surface area (Å²) in [5, 5.41) is 13.5. The molecule has 4 N–H and O–H groups in total. The van der Waals surface area contributed by atoms with E-state index in [0.717, 1.165) is 5.69 Å². The topological polar surface area (TPSA) is 89.1 Å². The molecule has 0 aliphatic rings. The van der Waals surface area contributed by atoms with Gasteiger partial charge in [-0.2, -0.15) is 0 Å². The van der Waals surface area contributed by atoms with Crippen LogP contribution in [0.1, 0.15) is 37.0 Å². The van der Waals surface area contributed by atoms with Crippen molar-refractivity contribution in [2.24, 2.45) is 10.7 Å². The highest BCUT2D eigenvalue weighted by atomic mass is 127. The Morgan fingerprint density at radius 1 is 1.15 bits per heavy atom. The number of aliphatic imine (C=N–C) groups is 1. The number of nitrogens with one attached hydrogen (secondary N) is 1. The maximum Gasteiger partial charge on any atom is 0.193 e. The third kappa shape index (κ3) is 6.59. The minimum atomic E-state index is -0.859. The van der Waals surface area contributed by atoms with Gasteiger partial charge in [0.2, 0.25) is 0 Å². The molecule has 0 heterocycles. The van der Waals surface area contributed by atoms with Crippen LogP contribution in [0.4, 0.5) is 5.69 Å². The molecule has 6 nitrogen and oxygen atoms in total. The van der Waals surface area contributed by atoms with Crippen molar-refractivity contribution >= 4 is 35.6 Å². The number of hydrogen-bond donors (Lipinski definition) is 3. The molecule has 0 saturated heterocycles. The van der Waals surface area contributed by atoms with Crippen molar-refractivity contribution in [3.63, 3.8) is 0 Å². The second-order valence-electron chi connectivity index (χ2n) is 6.25. The van der Waals surface area contributed by atoms with Crippen LogP contribution in [0.3, 0.4) is 0 Å². The van der Waals surface area contributed by atoms with Crippen LogP contribution in [-0.2, 0) is 0 Å². The minimum Gasteiger partial charge on any atom is -0.497 e. The van der Waals surface area contributed by atoms with E-state index in [0.29, 0.717) is 23.0 Å². The van der Waals surface area contributed by atoms with Gasteiger partial charge in [-0.3, -0.25) is 4.99 Å². The van der Waals surface area contributed by atoms with Gasteiger partial charge < -0.3 is 25.6 Å². The van der Waals surface area contributed by atoms with Crippen molar-refractivity contribution < 1.29 is 14.6 Å². The van der Waals surface area contributed by atoms with E-state index in [1.54, 1.807) is 32.4 Å². The zero-order valence-electron chi connectivity index (χ0n) is 16.1. The fourth-order valence-electron chi connectivity index (χ4n) is 2.55. The Labute approximate surface area is 177 Å². The van der Waals surface area contributed by atoms with Gasteiger partial charge in [-0.15, -0.1) is 24.0 Å². The fraction of sp³-hybridized carbons (Fsp3) is 0.350. The summed E-state index contributed by atoms with van der Waals surface area (Å²) < 4.78 is 10.5. The van der Waals surface area contributed by atoms with Gasteiger partial charge >= 0.3 is 0 Å². The van der Waals surface area contributed by atoms with E-state index in [1.165, 1.54) is 5.56 Å². The Morgan fingerprint density at radius 3 is 2.52 bits per heavy atom. The summed E-state index contributed by atoms with van der Waals surface area (Å²) in [6.07, 6.45) is -0.859. The third-order valence-electron chi connectivity index (χ3n) is 4.06. The fourth-order valence-corrected chi connectivity index (χ4v) is 2.55. The normalized spacial score (nSPS) is 12.3. The van der Waals surface area contributed by atoms with Gasteiger partial charge in [0.1, 0.15) is 17.6 Å². The first-order valence-corrected chi connectivity index (χ1v) is 8.51. The number of nitrogens with two attached hydrogens (primary N) is 1. The van der Waals surface area contributed by atoms with Gasteiger partial charge in [-0.1, -0.05) is 26.0 Å². The molecule has 148 valence electrons. The first kappa shape index (κ1) is 23.0. The quantitative estimate of drug-likeness (QED) is 0.315. The summed E-state index contributed by atoms with van der Waals surface area (Å²) in [7, 11) is 3.13. The summed E-state index contributed by atoms with van der Waals surface area (Å²) in [6, 6.07) is 13.3. The third-order valence-corrected chi connectivity index (χ3v) is 4.06. The molecule has 0 fully saturated rings. The Balaban J connectivity index is 0.00000364. The first-order chi connectivity index (χ1) is 12.4. The van der Waals surface area contributed by atoms with Crippen LogP contribution in [0.5, 0.6) is 11.5 Å². The predicted molar refractivity (Wildman–Crippen MR) is 121 cm³/mol. The molecule has 1 unspecified atom stereocenters. The number of hydrogen-bond acceptors (Lipinski definition) is 4. The van der Waals surface area contributed by atoms with Gasteiger partial charge in [-0.05, 0) is 41.8 Å². The van der Waals surface area contributed by atoms with E-state index in [2.05, 4.69) is 30.2 Å². The van der Waals surface area contributed by atoms with Crippen LogP contribution < -0.4 is 20.5 Å². The molecule has 2 rings (SSSR count). The van der Waals surface area contributed by atoms with Crippen molar-refractivity contribution in [3.05, 3.63) is 53.6 Å².